The number of hydrogen-bond donors (Lipinski definition) is 1. The molecule has 2 aliphatic heterocycles. The molecule has 0 radical (unpaired) electrons. The lowest BCUT2D eigenvalue weighted by molar-refractivity contribution is -0.133. The zero-order valence-electron chi connectivity index (χ0n) is 11.5. The Hall–Kier alpha value is -1.75. The van der Waals surface area contributed by atoms with E-state index in [-0.39, 0.29) is 30.1 Å². The van der Waals surface area contributed by atoms with E-state index in [0.717, 1.165) is 0 Å². The lowest BCUT2D eigenvalue weighted by Gasteiger charge is -2.46. The maximum absolute atomic E-state index is 12.2. The van der Waals surface area contributed by atoms with Gasteiger partial charge in [-0.15, -0.1) is 0 Å². The molecule has 0 bridgehead atoms. The zero-order chi connectivity index (χ0) is 15.1. The minimum absolute atomic E-state index is 0.183. The maximum Gasteiger partial charge on any atom is 0.410 e. The first-order chi connectivity index (χ1) is 9.31. The fourth-order valence-electron chi connectivity index (χ4n) is 2.55. The number of carbonyl (C=O) groups is 2. The van der Waals surface area contributed by atoms with Gasteiger partial charge in [0, 0.05) is 29.4 Å². The average Bonchev–Trinajstić information content (AvgIpc) is 2.58. The van der Waals surface area contributed by atoms with Gasteiger partial charge >= 0.3 is 6.09 Å². The fraction of sp³-hybridized carbons (Fsp3) is 0.429. The molecular weight excluding hydrogens is 280 g/mol. The molecule has 2 aliphatic rings. The quantitative estimate of drug-likeness (QED) is 0.868. The molecule has 1 N–H and O–H groups in total. The van der Waals surface area contributed by atoms with Gasteiger partial charge in [-0.1, -0.05) is 24.8 Å². The van der Waals surface area contributed by atoms with Crippen molar-refractivity contribution in [2.75, 3.05) is 13.1 Å². The van der Waals surface area contributed by atoms with Gasteiger partial charge in [0.05, 0.1) is 6.10 Å². The summed E-state index contributed by atoms with van der Waals surface area (Å²) in [7, 11) is 0. The van der Waals surface area contributed by atoms with Crippen LogP contribution in [0.2, 0.25) is 0 Å². The predicted molar refractivity (Wildman–Crippen MR) is 76.0 cm³/mol. The minimum Gasteiger partial charge on any atom is -0.447 e. The Morgan fingerprint density at radius 3 is 2.60 bits per heavy atom. The molecular formula is C14H17ClN2O3. The van der Waals surface area contributed by atoms with Crippen LogP contribution in [0.1, 0.15) is 13.8 Å². The van der Waals surface area contributed by atoms with Gasteiger partial charge in [-0.3, -0.25) is 4.79 Å². The van der Waals surface area contributed by atoms with E-state index in [1.54, 1.807) is 13.8 Å². The molecule has 0 atom stereocenters. The molecule has 0 aromatic carbocycles. The van der Waals surface area contributed by atoms with Crippen molar-refractivity contribution in [1.29, 1.82) is 0 Å². The van der Waals surface area contributed by atoms with Crippen molar-refractivity contribution in [3.63, 3.8) is 0 Å². The summed E-state index contributed by atoms with van der Waals surface area (Å²) in [5.41, 5.74) is 0.359. The fourth-order valence-corrected chi connectivity index (χ4v) is 2.83. The van der Waals surface area contributed by atoms with E-state index in [2.05, 4.69) is 18.5 Å². The molecule has 0 unspecified atom stereocenters. The number of allylic oxidation sites excluding steroid dienone is 2. The Morgan fingerprint density at radius 2 is 2.15 bits per heavy atom. The smallest absolute Gasteiger partial charge is 0.410 e. The number of rotatable bonds is 3. The lowest BCUT2D eigenvalue weighted by atomic mass is 9.74. The van der Waals surface area contributed by atoms with Crippen molar-refractivity contribution >= 4 is 23.6 Å². The Kier molecular flexibility index (Phi) is 3.65. The number of ether oxygens (including phenoxy) is 1. The van der Waals surface area contributed by atoms with Crippen molar-refractivity contribution in [1.82, 2.24) is 10.2 Å². The van der Waals surface area contributed by atoms with Crippen LogP contribution in [0.25, 0.3) is 0 Å². The number of hydrogen-bond acceptors (Lipinski definition) is 3. The second kappa shape index (κ2) is 4.98. The minimum atomic E-state index is -0.821. The molecule has 2 rings (SSSR count). The van der Waals surface area contributed by atoms with E-state index in [4.69, 9.17) is 16.3 Å². The van der Waals surface area contributed by atoms with Gasteiger partial charge in [0.15, 0.2) is 0 Å². The van der Waals surface area contributed by atoms with E-state index in [9.17, 15) is 9.59 Å². The summed E-state index contributed by atoms with van der Waals surface area (Å²) in [5.74, 6) is -0.183. The van der Waals surface area contributed by atoms with Gasteiger partial charge in [-0.05, 0) is 19.9 Å². The van der Waals surface area contributed by atoms with Gasteiger partial charge in [-0.2, -0.15) is 0 Å². The third-order valence-electron chi connectivity index (χ3n) is 3.42. The van der Waals surface area contributed by atoms with Gasteiger partial charge in [0.2, 0.25) is 5.91 Å². The topological polar surface area (TPSA) is 58.6 Å². The first-order valence-electron chi connectivity index (χ1n) is 6.31. The number of likely N-dealkylation sites (tertiary alicyclic amines) is 1. The van der Waals surface area contributed by atoms with Crippen LogP contribution in [-0.4, -0.2) is 36.1 Å². The van der Waals surface area contributed by atoms with Crippen LogP contribution >= 0.6 is 11.6 Å². The van der Waals surface area contributed by atoms with Crippen LogP contribution in [0.5, 0.6) is 0 Å². The van der Waals surface area contributed by atoms with E-state index in [0.29, 0.717) is 11.3 Å². The SMILES string of the molecule is C=CC1=C(C(=C)Cl)C2(CN(C(=O)OC(C)C)C2)C(=O)N1. The molecule has 1 spiro atoms. The Bertz CT molecular complexity index is 531. The summed E-state index contributed by atoms with van der Waals surface area (Å²) in [6, 6.07) is 0. The number of carbonyl (C=O) groups excluding carboxylic acids is 2. The highest BCUT2D eigenvalue weighted by molar-refractivity contribution is 6.32. The van der Waals surface area contributed by atoms with Crippen LogP contribution in [0.3, 0.4) is 0 Å². The molecule has 0 saturated carbocycles. The highest BCUT2D eigenvalue weighted by atomic mass is 35.5. The lowest BCUT2D eigenvalue weighted by Crippen LogP contribution is -2.63. The molecule has 1 fully saturated rings. The normalized spacial score (nSPS) is 20.0. The summed E-state index contributed by atoms with van der Waals surface area (Å²) in [6.45, 7) is 11.4. The number of halogens is 1. The molecule has 2 heterocycles. The number of nitrogens with one attached hydrogen (secondary N) is 1. The zero-order valence-corrected chi connectivity index (χ0v) is 12.3. The molecule has 0 aromatic heterocycles. The third kappa shape index (κ3) is 2.12. The largest absolute Gasteiger partial charge is 0.447 e. The highest BCUT2D eigenvalue weighted by Crippen LogP contribution is 2.47. The van der Waals surface area contributed by atoms with E-state index < -0.39 is 11.5 Å². The molecule has 2 amide bonds. The van der Waals surface area contributed by atoms with Crippen molar-refractivity contribution in [3.05, 3.63) is 35.5 Å². The highest BCUT2D eigenvalue weighted by Gasteiger charge is 2.58. The van der Waals surface area contributed by atoms with E-state index in [1.165, 1.54) is 11.0 Å². The molecule has 6 heteroatoms. The average molecular weight is 297 g/mol. The predicted octanol–water partition coefficient (Wildman–Crippen LogP) is 2.16. The number of nitrogens with zero attached hydrogens (tertiary/aromatic N) is 1. The van der Waals surface area contributed by atoms with Gasteiger partial charge in [0.25, 0.3) is 0 Å². The summed E-state index contributed by atoms with van der Waals surface area (Å²) in [5, 5.41) is 3.01. The number of amides is 2. The van der Waals surface area contributed by atoms with Crippen LogP contribution in [0.15, 0.2) is 35.5 Å². The summed E-state index contributed by atoms with van der Waals surface area (Å²) >= 11 is 6.00. The van der Waals surface area contributed by atoms with Gasteiger partial charge < -0.3 is 15.0 Å². The standard InChI is InChI=1S/C14H17ClN2O3/c1-5-10-11(9(4)15)14(12(18)16-10)6-17(7-14)13(19)20-8(2)3/h5,8H,1,4,6-7H2,2-3H3,(H,16,18). The second-order valence-electron chi connectivity index (χ2n) is 5.22. The molecule has 5 nitrogen and oxygen atoms in total. The Balaban J connectivity index is 2.20. The Labute approximate surface area is 122 Å². The second-order valence-corrected chi connectivity index (χ2v) is 5.68. The third-order valence-corrected chi connectivity index (χ3v) is 3.61. The van der Waals surface area contributed by atoms with Gasteiger partial charge in [0.1, 0.15) is 5.41 Å². The molecule has 0 aromatic rings. The van der Waals surface area contributed by atoms with Crippen molar-refractivity contribution in [2.45, 2.75) is 20.0 Å². The van der Waals surface area contributed by atoms with E-state index >= 15 is 0 Å². The first kappa shape index (κ1) is 14.7. The van der Waals surface area contributed by atoms with E-state index in [1.807, 2.05) is 0 Å². The summed E-state index contributed by atoms with van der Waals surface area (Å²) in [4.78, 5) is 25.4. The van der Waals surface area contributed by atoms with Crippen molar-refractivity contribution in [3.8, 4) is 0 Å². The Morgan fingerprint density at radius 1 is 1.55 bits per heavy atom. The maximum atomic E-state index is 12.2. The van der Waals surface area contributed by atoms with Crippen LogP contribution in [0, 0.1) is 5.41 Å². The molecule has 108 valence electrons. The molecule has 1 saturated heterocycles. The van der Waals surface area contributed by atoms with Crippen LogP contribution < -0.4 is 5.32 Å². The molecule has 20 heavy (non-hydrogen) atoms. The van der Waals surface area contributed by atoms with Crippen molar-refractivity contribution < 1.29 is 14.3 Å². The molecule has 0 aliphatic carbocycles. The van der Waals surface area contributed by atoms with Crippen molar-refractivity contribution in [2.24, 2.45) is 5.41 Å². The van der Waals surface area contributed by atoms with Crippen LogP contribution in [-0.2, 0) is 9.53 Å². The van der Waals surface area contributed by atoms with Crippen LogP contribution in [0.4, 0.5) is 4.79 Å². The summed E-state index contributed by atoms with van der Waals surface area (Å²) in [6.07, 6.45) is 0.910. The first-order valence-corrected chi connectivity index (χ1v) is 6.68. The summed E-state index contributed by atoms with van der Waals surface area (Å²) < 4.78 is 5.10. The van der Waals surface area contributed by atoms with Gasteiger partial charge in [-0.25, -0.2) is 4.79 Å². The monoisotopic (exact) mass is 296 g/mol.